The van der Waals surface area contributed by atoms with Crippen molar-refractivity contribution in [2.24, 2.45) is 5.10 Å². The average molecular weight is 464 g/mol. The minimum absolute atomic E-state index is 0.0839. The molecule has 8 heteroatoms. The molecule has 0 fully saturated rings. The van der Waals surface area contributed by atoms with Crippen molar-refractivity contribution in [1.82, 2.24) is 0 Å². The van der Waals surface area contributed by atoms with Crippen molar-refractivity contribution in [3.8, 4) is 0 Å². The molecule has 0 aliphatic heterocycles. The van der Waals surface area contributed by atoms with Crippen LogP contribution in [-0.2, 0) is 6.42 Å². The topological polar surface area (TPSA) is 111 Å². The largest absolute Gasteiger partial charge is 0.301 e. The molecule has 4 aromatic carbocycles. The van der Waals surface area contributed by atoms with Gasteiger partial charge < -0.3 is 0 Å². The Kier molecular flexibility index (Phi) is 5.76. The maximum Gasteiger partial charge on any atom is 0.301 e. The van der Waals surface area contributed by atoms with Gasteiger partial charge in [0.25, 0.3) is 5.69 Å². The second-order valence-corrected chi connectivity index (χ2v) is 8.18. The number of hydrogen-bond donors (Lipinski definition) is 1. The predicted octanol–water partition coefficient (Wildman–Crippen LogP) is 6.50. The van der Waals surface area contributed by atoms with Gasteiger partial charge in [-0.05, 0) is 52.5 Å². The summed E-state index contributed by atoms with van der Waals surface area (Å²) in [5.74, 6) is 0. The fraction of sp³-hybridized carbons (Fsp3) is 0.0741. The molecule has 1 aliphatic rings. The summed E-state index contributed by atoms with van der Waals surface area (Å²) in [6, 6.07) is 25.7. The van der Waals surface area contributed by atoms with Crippen LogP contribution in [0.2, 0.25) is 0 Å². The van der Waals surface area contributed by atoms with Crippen LogP contribution in [0.4, 0.5) is 17.1 Å². The molecule has 4 aromatic rings. The fourth-order valence-electron chi connectivity index (χ4n) is 4.36. The van der Waals surface area contributed by atoms with Gasteiger partial charge in [-0.1, -0.05) is 66.7 Å². The zero-order valence-corrected chi connectivity index (χ0v) is 18.5. The number of hydrogen-bond acceptors (Lipinski definition) is 6. The molecule has 0 saturated heterocycles. The van der Waals surface area contributed by atoms with Crippen molar-refractivity contribution >= 4 is 39.6 Å². The molecule has 0 heterocycles. The molecule has 35 heavy (non-hydrogen) atoms. The Morgan fingerprint density at radius 3 is 2.43 bits per heavy atom. The van der Waals surface area contributed by atoms with E-state index >= 15 is 0 Å². The molecule has 1 N–H and O–H groups in total. The first-order valence-corrected chi connectivity index (χ1v) is 11.0. The lowest BCUT2D eigenvalue weighted by atomic mass is 9.85. The number of fused-ring (bicyclic) bond motifs is 2. The van der Waals surface area contributed by atoms with Crippen LogP contribution in [0.1, 0.15) is 23.1 Å². The van der Waals surface area contributed by atoms with Gasteiger partial charge in [-0.3, -0.25) is 25.7 Å². The Hall–Kier alpha value is -4.85. The van der Waals surface area contributed by atoms with Gasteiger partial charge in [0.1, 0.15) is 5.69 Å². The van der Waals surface area contributed by atoms with Crippen molar-refractivity contribution in [1.29, 1.82) is 0 Å². The lowest BCUT2D eigenvalue weighted by Gasteiger charge is -2.21. The van der Waals surface area contributed by atoms with E-state index in [2.05, 4.69) is 40.9 Å². The number of benzene rings is 4. The summed E-state index contributed by atoms with van der Waals surface area (Å²) in [4.78, 5) is 21.3. The molecule has 0 atom stereocenters. The van der Waals surface area contributed by atoms with E-state index in [0.29, 0.717) is 5.71 Å². The van der Waals surface area contributed by atoms with Crippen LogP contribution >= 0.6 is 0 Å². The van der Waals surface area contributed by atoms with Crippen molar-refractivity contribution in [3.05, 3.63) is 127 Å². The van der Waals surface area contributed by atoms with Gasteiger partial charge >= 0.3 is 5.69 Å². The fourth-order valence-corrected chi connectivity index (χ4v) is 4.36. The number of aryl methyl sites for hydroxylation is 1. The molecule has 5 rings (SSSR count). The third kappa shape index (κ3) is 4.37. The van der Waals surface area contributed by atoms with Crippen molar-refractivity contribution in [2.75, 3.05) is 5.43 Å². The van der Waals surface area contributed by atoms with Gasteiger partial charge in [0, 0.05) is 11.6 Å². The smallest absolute Gasteiger partial charge is 0.271 e. The van der Waals surface area contributed by atoms with Crippen LogP contribution in [0.15, 0.2) is 95.6 Å². The first kappa shape index (κ1) is 22.0. The van der Waals surface area contributed by atoms with Gasteiger partial charge in [0.05, 0.1) is 21.6 Å². The molecule has 0 aromatic heterocycles. The molecule has 0 saturated carbocycles. The Balaban J connectivity index is 1.61. The number of anilines is 1. The molecule has 0 unspecified atom stereocenters. The standard InChI is InChI=1S/C27H20N4O4/c32-30(33)22-14-15-25(26(17-22)31(34)35)28-29-27-21(13-12-19-7-2-4-11-24(19)27)16-20-9-5-8-18-6-1-3-10-23(18)20/h1-11,14-17,28H,12-13H2/b21-16-,29-27-. The van der Waals surface area contributed by atoms with Crippen LogP contribution in [0.5, 0.6) is 0 Å². The zero-order chi connectivity index (χ0) is 24.4. The van der Waals surface area contributed by atoms with E-state index < -0.39 is 15.5 Å². The normalized spacial score (nSPS) is 15.2. The molecular weight excluding hydrogens is 444 g/mol. The van der Waals surface area contributed by atoms with Crippen molar-refractivity contribution < 1.29 is 9.85 Å². The van der Waals surface area contributed by atoms with E-state index in [9.17, 15) is 20.2 Å². The number of nitrogens with one attached hydrogen (secondary N) is 1. The second-order valence-electron chi connectivity index (χ2n) is 8.18. The maximum atomic E-state index is 11.6. The highest BCUT2D eigenvalue weighted by molar-refractivity contribution is 6.17. The average Bonchev–Trinajstić information content (AvgIpc) is 2.88. The van der Waals surface area contributed by atoms with Gasteiger partial charge in [-0.15, -0.1) is 0 Å². The summed E-state index contributed by atoms with van der Waals surface area (Å²) < 4.78 is 0. The van der Waals surface area contributed by atoms with Gasteiger partial charge in [0.2, 0.25) is 0 Å². The number of allylic oxidation sites excluding steroid dienone is 1. The quantitative estimate of drug-likeness (QED) is 0.268. The van der Waals surface area contributed by atoms with Crippen LogP contribution in [-0.4, -0.2) is 15.6 Å². The lowest BCUT2D eigenvalue weighted by Crippen LogP contribution is -2.17. The second kappa shape index (κ2) is 9.18. The van der Waals surface area contributed by atoms with Crippen molar-refractivity contribution in [3.63, 3.8) is 0 Å². The van der Waals surface area contributed by atoms with Gasteiger partial charge in [0.15, 0.2) is 0 Å². The number of nitro groups is 2. The Bertz CT molecular complexity index is 1540. The molecule has 172 valence electrons. The van der Waals surface area contributed by atoms with E-state index in [1.807, 2.05) is 42.5 Å². The number of non-ortho nitro benzene ring substituents is 1. The summed E-state index contributed by atoms with van der Waals surface area (Å²) in [6.45, 7) is 0. The molecule has 0 radical (unpaired) electrons. The minimum Gasteiger partial charge on any atom is -0.271 e. The van der Waals surface area contributed by atoms with Gasteiger partial charge in [-0.25, -0.2) is 0 Å². The number of nitro benzene ring substituents is 2. The van der Waals surface area contributed by atoms with Crippen LogP contribution in [0.25, 0.3) is 16.8 Å². The molecule has 0 bridgehead atoms. The lowest BCUT2D eigenvalue weighted by molar-refractivity contribution is -0.393. The van der Waals surface area contributed by atoms with Gasteiger partial charge in [-0.2, -0.15) is 5.10 Å². The Morgan fingerprint density at radius 2 is 1.60 bits per heavy atom. The highest BCUT2D eigenvalue weighted by Gasteiger charge is 2.22. The monoisotopic (exact) mass is 464 g/mol. The Morgan fingerprint density at radius 1 is 0.829 bits per heavy atom. The Labute approximate surface area is 200 Å². The van der Waals surface area contributed by atoms with Crippen LogP contribution in [0, 0.1) is 20.2 Å². The maximum absolute atomic E-state index is 11.6. The first-order chi connectivity index (χ1) is 17.0. The molecular formula is C27H20N4O4. The highest BCUT2D eigenvalue weighted by Crippen LogP contribution is 2.32. The number of rotatable bonds is 5. The van der Waals surface area contributed by atoms with E-state index in [4.69, 9.17) is 0 Å². The SMILES string of the molecule is O=[N+]([O-])c1ccc(N/N=C2/C(=C\c3cccc4ccccc34)CCc3ccccc32)c([N+](=O)[O-])c1. The third-order valence-corrected chi connectivity index (χ3v) is 6.07. The molecule has 0 spiro atoms. The van der Waals surface area contributed by atoms with E-state index in [1.165, 1.54) is 12.1 Å². The van der Waals surface area contributed by atoms with Crippen molar-refractivity contribution in [2.45, 2.75) is 12.8 Å². The third-order valence-electron chi connectivity index (χ3n) is 6.07. The van der Waals surface area contributed by atoms with E-state index in [1.54, 1.807) is 0 Å². The highest BCUT2D eigenvalue weighted by atomic mass is 16.6. The molecule has 8 nitrogen and oxygen atoms in total. The number of nitrogens with zero attached hydrogens (tertiary/aromatic N) is 3. The predicted molar refractivity (Wildman–Crippen MR) is 137 cm³/mol. The van der Waals surface area contributed by atoms with Crippen LogP contribution < -0.4 is 5.43 Å². The van der Waals surface area contributed by atoms with E-state index in [-0.39, 0.29) is 11.4 Å². The number of hydrazone groups is 1. The molecule has 0 amide bonds. The summed E-state index contributed by atoms with van der Waals surface area (Å²) in [5.41, 5.74) is 6.96. The molecule has 1 aliphatic carbocycles. The van der Waals surface area contributed by atoms with Crippen LogP contribution in [0.3, 0.4) is 0 Å². The summed E-state index contributed by atoms with van der Waals surface area (Å²) >= 11 is 0. The summed E-state index contributed by atoms with van der Waals surface area (Å²) in [6.07, 6.45) is 3.72. The zero-order valence-electron chi connectivity index (χ0n) is 18.5. The summed E-state index contributed by atoms with van der Waals surface area (Å²) in [7, 11) is 0. The van der Waals surface area contributed by atoms with E-state index in [0.717, 1.165) is 51.9 Å². The minimum atomic E-state index is -0.662. The first-order valence-electron chi connectivity index (χ1n) is 11.0. The summed E-state index contributed by atoms with van der Waals surface area (Å²) in [5, 5.41) is 29.5.